The van der Waals surface area contributed by atoms with Crippen molar-refractivity contribution in [2.45, 2.75) is 50.7 Å². The molecule has 0 aliphatic heterocycles. The van der Waals surface area contributed by atoms with Gasteiger partial charge in [0.15, 0.2) is 0 Å². The molecule has 2 N–H and O–H groups in total. The molecule has 0 saturated heterocycles. The molecule has 1 heterocycles. The van der Waals surface area contributed by atoms with Crippen molar-refractivity contribution in [2.24, 2.45) is 0 Å². The van der Waals surface area contributed by atoms with Gasteiger partial charge in [-0.05, 0) is 60.0 Å². The van der Waals surface area contributed by atoms with Crippen molar-refractivity contribution < 1.29 is 23.8 Å². The molecule has 10 nitrogen and oxygen atoms in total. The Labute approximate surface area is 214 Å². The average Bonchev–Trinajstić information content (AvgIpc) is 3.38. The van der Waals surface area contributed by atoms with Crippen molar-refractivity contribution in [1.29, 1.82) is 0 Å². The number of benzene rings is 2. The molecule has 1 unspecified atom stereocenters. The summed E-state index contributed by atoms with van der Waals surface area (Å²) in [4.78, 5) is 29.3. The predicted molar refractivity (Wildman–Crippen MR) is 133 cm³/mol. The van der Waals surface area contributed by atoms with Crippen molar-refractivity contribution >= 4 is 11.8 Å². The van der Waals surface area contributed by atoms with Gasteiger partial charge in [0, 0.05) is 18.2 Å². The molecule has 1 fully saturated rings. The van der Waals surface area contributed by atoms with Crippen LogP contribution in [0.3, 0.4) is 0 Å². The Hall–Kier alpha value is -3.86. The molecular weight excluding hydrogens is 479 g/mol. The SMILES string of the molecule is COc1ccc(-c2nnn(CC(=O)N(CCO)C(C(=O)NC3CCCCC3)c3ccc(F)cc3)n2)cc1. The lowest BCUT2D eigenvalue weighted by atomic mass is 9.94. The smallest absolute Gasteiger partial charge is 0.247 e. The first kappa shape index (κ1) is 26.2. The fraction of sp³-hybridized carbons (Fsp3) is 0.423. The summed E-state index contributed by atoms with van der Waals surface area (Å²) < 4.78 is 18.8. The number of aromatic nitrogens is 4. The molecule has 3 aromatic rings. The van der Waals surface area contributed by atoms with Gasteiger partial charge in [-0.15, -0.1) is 10.2 Å². The van der Waals surface area contributed by atoms with Gasteiger partial charge in [0.1, 0.15) is 24.2 Å². The van der Waals surface area contributed by atoms with Gasteiger partial charge in [-0.25, -0.2) is 4.39 Å². The summed E-state index contributed by atoms with van der Waals surface area (Å²) in [5.41, 5.74) is 1.14. The minimum atomic E-state index is -1.05. The van der Waals surface area contributed by atoms with Crippen LogP contribution in [-0.2, 0) is 16.1 Å². The number of tetrazole rings is 1. The molecule has 4 rings (SSSR count). The van der Waals surface area contributed by atoms with Crippen molar-refractivity contribution in [2.75, 3.05) is 20.3 Å². The summed E-state index contributed by atoms with van der Waals surface area (Å²) in [7, 11) is 1.57. The largest absolute Gasteiger partial charge is 0.497 e. The van der Waals surface area contributed by atoms with Crippen LogP contribution in [0.4, 0.5) is 4.39 Å². The first-order chi connectivity index (χ1) is 18.0. The van der Waals surface area contributed by atoms with E-state index in [1.54, 1.807) is 31.4 Å². The Morgan fingerprint density at radius 2 is 1.84 bits per heavy atom. The van der Waals surface area contributed by atoms with Crippen LogP contribution in [0.1, 0.15) is 43.7 Å². The van der Waals surface area contributed by atoms with Gasteiger partial charge in [-0.2, -0.15) is 4.80 Å². The number of ether oxygens (including phenoxy) is 1. The lowest BCUT2D eigenvalue weighted by molar-refractivity contribution is -0.142. The van der Waals surface area contributed by atoms with Gasteiger partial charge in [-0.1, -0.05) is 31.4 Å². The first-order valence-corrected chi connectivity index (χ1v) is 12.4. The fourth-order valence-corrected chi connectivity index (χ4v) is 4.53. The van der Waals surface area contributed by atoms with Crippen LogP contribution in [0, 0.1) is 5.82 Å². The minimum Gasteiger partial charge on any atom is -0.497 e. The van der Waals surface area contributed by atoms with Gasteiger partial charge < -0.3 is 20.1 Å². The standard InChI is InChI=1S/C26H31FN6O4/c1-37-22-13-9-19(10-14-22)25-29-31-33(30-25)17-23(35)32(15-16-34)24(18-7-11-20(27)12-8-18)26(36)28-21-5-3-2-4-6-21/h7-14,21,24,34H,2-6,15-17H2,1H3,(H,28,36). The Balaban J connectivity index is 1.55. The molecule has 0 spiro atoms. The maximum Gasteiger partial charge on any atom is 0.247 e. The van der Waals surface area contributed by atoms with E-state index in [4.69, 9.17) is 4.74 Å². The van der Waals surface area contributed by atoms with Gasteiger partial charge >= 0.3 is 0 Å². The molecule has 2 amide bonds. The van der Waals surface area contributed by atoms with Gasteiger partial charge in [0.05, 0.1) is 13.7 Å². The highest BCUT2D eigenvalue weighted by atomic mass is 19.1. The molecule has 1 atom stereocenters. The molecule has 1 aliphatic rings. The summed E-state index contributed by atoms with van der Waals surface area (Å²) in [6.07, 6.45) is 4.92. The zero-order valence-corrected chi connectivity index (χ0v) is 20.7. The number of nitrogens with zero attached hydrogens (tertiary/aromatic N) is 5. The van der Waals surface area contributed by atoms with E-state index in [0.717, 1.165) is 36.9 Å². The number of amides is 2. The third kappa shape index (κ3) is 6.67. The summed E-state index contributed by atoms with van der Waals surface area (Å²) in [5.74, 6) is -0.293. The lowest BCUT2D eigenvalue weighted by Crippen LogP contribution is -2.48. The summed E-state index contributed by atoms with van der Waals surface area (Å²) in [6, 6.07) is 11.5. The summed E-state index contributed by atoms with van der Waals surface area (Å²) in [6.45, 7) is -0.751. The number of hydrogen-bond acceptors (Lipinski definition) is 7. The van der Waals surface area contributed by atoms with E-state index in [1.165, 1.54) is 29.2 Å². The molecule has 2 aromatic carbocycles. The highest BCUT2D eigenvalue weighted by molar-refractivity contribution is 5.89. The normalized spacial score (nSPS) is 14.7. The highest BCUT2D eigenvalue weighted by Gasteiger charge is 2.33. The Kier molecular flexibility index (Phi) is 8.78. The number of aliphatic hydroxyl groups is 1. The third-order valence-electron chi connectivity index (χ3n) is 6.44. The number of nitrogens with one attached hydrogen (secondary N) is 1. The van der Waals surface area contributed by atoms with E-state index in [9.17, 15) is 19.1 Å². The zero-order chi connectivity index (χ0) is 26.2. The quantitative estimate of drug-likeness (QED) is 0.430. The molecular formula is C26H31FN6O4. The van der Waals surface area contributed by atoms with Crippen LogP contribution in [-0.4, -0.2) is 68.3 Å². The molecule has 196 valence electrons. The summed E-state index contributed by atoms with van der Waals surface area (Å²) in [5, 5.41) is 25.1. The van der Waals surface area contributed by atoms with E-state index in [2.05, 4.69) is 20.7 Å². The van der Waals surface area contributed by atoms with E-state index in [-0.39, 0.29) is 31.6 Å². The molecule has 1 saturated carbocycles. The lowest BCUT2D eigenvalue weighted by Gasteiger charge is -2.33. The number of hydrogen-bond donors (Lipinski definition) is 2. The van der Waals surface area contributed by atoms with E-state index < -0.39 is 17.8 Å². The van der Waals surface area contributed by atoms with Gasteiger partial charge in [0.25, 0.3) is 0 Å². The van der Waals surface area contributed by atoms with Gasteiger partial charge in [0.2, 0.25) is 17.6 Å². The van der Waals surface area contributed by atoms with Gasteiger partial charge in [-0.3, -0.25) is 9.59 Å². The van der Waals surface area contributed by atoms with E-state index in [0.29, 0.717) is 22.7 Å². The molecule has 0 bridgehead atoms. The maximum atomic E-state index is 13.6. The fourth-order valence-electron chi connectivity index (χ4n) is 4.53. The topological polar surface area (TPSA) is 122 Å². The van der Waals surface area contributed by atoms with Crippen LogP contribution < -0.4 is 10.1 Å². The monoisotopic (exact) mass is 510 g/mol. The first-order valence-electron chi connectivity index (χ1n) is 12.4. The average molecular weight is 511 g/mol. The number of halogens is 1. The van der Waals surface area contributed by atoms with Crippen LogP contribution >= 0.6 is 0 Å². The zero-order valence-electron chi connectivity index (χ0n) is 20.7. The second kappa shape index (κ2) is 12.4. The molecule has 1 aromatic heterocycles. The Morgan fingerprint density at radius 1 is 1.14 bits per heavy atom. The minimum absolute atomic E-state index is 0.0133. The van der Waals surface area contributed by atoms with Crippen LogP contribution in [0.2, 0.25) is 0 Å². The number of rotatable bonds is 10. The molecule has 0 radical (unpaired) electrons. The van der Waals surface area contributed by atoms with Crippen molar-refractivity contribution in [3.63, 3.8) is 0 Å². The maximum absolute atomic E-state index is 13.6. The number of methoxy groups -OCH3 is 1. The summed E-state index contributed by atoms with van der Waals surface area (Å²) >= 11 is 0. The highest BCUT2D eigenvalue weighted by Crippen LogP contribution is 2.25. The number of carbonyl (C=O) groups is 2. The Morgan fingerprint density at radius 3 is 2.49 bits per heavy atom. The van der Waals surface area contributed by atoms with Crippen LogP contribution in [0.15, 0.2) is 48.5 Å². The Bertz CT molecular complexity index is 1180. The van der Waals surface area contributed by atoms with Crippen LogP contribution in [0.25, 0.3) is 11.4 Å². The number of aliphatic hydroxyl groups excluding tert-OH is 1. The van der Waals surface area contributed by atoms with Crippen molar-refractivity contribution in [3.8, 4) is 17.1 Å². The molecule has 1 aliphatic carbocycles. The van der Waals surface area contributed by atoms with E-state index >= 15 is 0 Å². The second-order valence-corrected chi connectivity index (χ2v) is 8.98. The van der Waals surface area contributed by atoms with Crippen molar-refractivity contribution in [3.05, 3.63) is 59.9 Å². The molecule has 11 heteroatoms. The number of carbonyl (C=O) groups excluding carboxylic acids is 2. The van der Waals surface area contributed by atoms with Crippen molar-refractivity contribution in [1.82, 2.24) is 30.4 Å². The predicted octanol–water partition coefficient (Wildman–Crippen LogP) is 2.50. The van der Waals surface area contributed by atoms with Crippen LogP contribution in [0.5, 0.6) is 5.75 Å². The molecule has 37 heavy (non-hydrogen) atoms. The van der Waals surface area contributed by atoms with E-state index in [1.807, 2.05) is 0 Å². The second-order valence-electron chi connectivity index (χ2n) is 8.98. The third-order valence-corrected chi connectivity index (χ3v) is 6.44.